The van der Waals surface area contributed by atoms with E-state index in [0.29, 0.717) is 22.5 Å². The lowest BCUT2D eigenvalue weighted by Crippen LogP contribution is -2.30. The van der Waals surface area contributed by atoms with Crippen molar-refractivity contribution in [2.24, 2.45) is 0 Å². The molecule has 1 aliphatic rings. The van der Waals surface area contributed by atoms with Crippen molar-refractivity contribution in [1.29, 1.82) is 0 Å². The van der Waals surface area contributed by atoms with E-state index in [1.165, 1.54) is 27.0 Å². The average molecular weight is 481 g/mol. The summed E-state index contributed by atoms with van der Waals surface area (Å²) in [6.07, 6.45) is 3.85. The molecule has 0 atom stereocenters. The normalized spacial score (nSPS) is 12.8. The molecule has 1 N–H and O–H groups in total. The number of amides is 1. The molecule has 2 aromatic carbocycles. The standard InChI is InChI=1S/C28H24N4O2S/c1-2-23-31-25-21-13-14-22(18-7-4-3-5-8-18)30-27(21)35-26(25)28(34)32(23)16-24(33)29-20-12-11-17-9-6-10-19(17)15-20/h3-5,7-8,11-15H,2,6,9-10,16H2,1H3,(H,29,33). The van der Waals surface area contributed by atoms with Crippen LogP contribution in [0.5, 0.6) is 0 Å². The Bertz CT molecular complexity index is 1650. The quantitative estimate of drug-likeness (QED) is 0.367. The van der Waals surface area contributed by atoms with Gasteiger partial charge in [-0.3, -0.25) is 14.2 Å². The zero-order valence-corrected chi connectivity index (χ0v) is 20.2. The Balaban J connectivity index is 1.35. The summed E-state index contributed by atoms with van der Waals surface area (Å²) in [5.41, 5.74) is 5.77. The molecule has 35 heavy (non-hydrogen) atoms. The molecule has 0 radical (unpaired) electrons. The largest absolute Gasteiger partial charge is 0.325 e. The van der Waals surface area contributed by atoms with Crippen LogP contribution in [0.4, 0.5) is 5.69 Å². The van der Waals surface area contributed by atoms with Gasteiger partial charge in [0.25, 0.3) is 5.56 Å². The average Bonchev–Trinajstić information content (AvgIpc) is 3.50. The molecule has 0 fully saturated rings. The number of anilines is 1. The van der Waals surface area contributed by atoms with E-state index in [4.69, 9.17) is 9.97 Å². The SMILES string of the molecule is CCc1nc2c(sc3nc(-c4ccccc4)ccc32)c(=O)n1CC(=O)Nc1ccc2c(c1)CCC2. The van der Waals surface area contributed by atoms with Crippen LogP contribution in [0.1, 0.15) is 30.3 Å². The summed E-state index contributed by atoms with van der Waals surface area (Å²) in [4.78, 5) is 36.8. The van der Waals surface area contributed by atoms with Crippen molar-refractivity contribution >= 4 is 43.4 Å². The summed E-state index contributed by atoms with van der Waals surface area (Å²) in [6, 6.07) is 20.0. The van der Waals surface area contributed by atoms with E-state index < -0.39 is 0 Å². The molecule has 3 heterocycles. The Labute approximate surface area is 206 Å². The van der Waals surface area contributed by atoms with E-state index in [1.807, 2.05) is 61.5 Å². The van der Waals surface area contributed by atoms with Gasteiger partial charge in [0.1, 0.15) is 21.9 Å². The maximum absolute atomic E-state index is 13.5. The second kappa shape index (κ2) is 8.74. The van der Waals surface area contributed by atoms with Crippen molar-refractivity contribution in [3.63, 3.8) is 0 Å². The van der Waals surface area contributed by atoms with Crippen LogP contribution in [0.2, 0.25) is 0 Å². The minimum Gasteiger partial charge on any atom is -0.325 e. The first-order valence-electron chi connectivity index (χ1n) is 11.9. The van der Waals surface area contributed by atoms with Crippen LogP contribution in [-0.4, -0.2) is 20.4 Å². The molecule has 1 amide bonds. The number of hydrogen-bond donors (Lipinski definition) is 1. The zero-order valence-electron chi connectivity index (χ0n) is 19.4. The van der Waals surface area contributed by atoms with Gasteiger partial charge in [-0.2, -0.15) is 0 Å². The van der Waals surface area contributed by atoms with Gasteiger partial charge in [-0.05, 0) is 54.7 Å². The maximum Gasteiger partial charge on any atom is 0.272 e. The molecule has 0 aliphatic heterocycles. The molecular formula is C28H24N4O2S. The molecule has 0 bridgehead atoms. The number of nitrogens with zero attached hydrogens (tertiary/aromatic N) is 3. The number of nitrogens with one attached hydrogen (secondary N) is 1. The van der Waals surface area contributed by atoms with Crippen LogP contribution < -0.4 is 10.9 Å². The number of benzene rings is 2. The van der Waals surface area contributed by atoms with Crippen LogP contribution in [0.15, 0.2) is 65.5 Å². The molecule has 3 aromatic heterocycles. The number of carbonyl (C=O) groups is 1. The Morgan fingerprint density at radius 2 is 1.86 bits per heavy atom. The summed E-state index contributed by atoms with van der Waals surface area (Å²) in [5, 5.41) is 3.83. The van der Waals surface area contributed by atoms with E-state index >= 15 is 0 Å². The molecular weight excluding hydrogens is 456 g/mol. The van der Waals surface area contributed by atoms with Gasteiger partial charge in [0.15, 0.2) is 0 Å². The molecule has 7 heteroatoms. The lowest BCUT2D eigenvalue weighted by atomic mass is 10.1. The van der Waals surface area contributed by atoms with Crippen molar-refractivity contribution in [2.45, 2.75) is 39.2 Å². The highest BCUT2D eigenvalue weighted by molar-refractivity contribution is 7.25. The fourth-order valence-corrected chi connectivity index (χ4v) is 5.91. The molecule has 5 aromatic rings. The number of fused-ring (bicyclic) bond motifs is 4. The van der Waals surface area contributed by atoms with Crippen LogP contribution in [0.3, 0.4) is 0 Å². The van der Waals surface area contributed by atoms with Crippen molar-refractivity contribution in [1.82, 2.24) is 14.5 Å². The molecule has 6 nitrogen and oxygen atoms in total. The van der Waals surface area contributed by atoms with Crippen molar-refractivity contribution in [2.75, 3.05) is 5.32 Å². The Hall–Kier alpha value is -3.84. The third-order valence-corrected chi connectivity index (χ3v) is 7.67. The number of carbonyl (C=O) groups excluding carboxylic acids is 1. The highest BCUT2D eigenvalue weighted by Gasteiger charge is 2.19. The van der Waals surface area contributed by atoms with Crippen LogP contribution in [-0.2, 0) is 30.6 Å². The summed E-state index contributed by atoms with van der Waals surface area (Å²) in [7, 11) is 0. The number of pyridine rings is 1. The number of rotatable bonds is 5. The van der Waals surface area contributed by atoms with Crippen LogP contribution >= 0.6 is 11.3 Å². The molecule has 0 saturated carbocycles. The summed E-state index contributed by atoms with van der Waals surface area (Å²) >= 11 is 1.34. The van der Waals surface area contributed by atoms with Gasteiger partial charge >= 0.3 is 0 Å². The number of thiophene rings is 1. The van der Waals surface area contributed by atoms with Gasteiger partial charge in [0.2, 0.25) is 5.91 Å². The van der Waals surface area contributed by atoms with Crippen molar-refractivity contribution in [3.05, 3.63) is 88.0 Å². The van der Waals surface area contributed by atoms with E-state index in [0.717, 1.165) is 46.4 Å². The number of hydrogen-bond acceptors (Lipinski definition) is 5. The minimum atomic E-state index is -0.230. The summed E-state index contributed by atoms with van der Waals surface area (Å²) < 4.78 is 2.03. The topological polar surface area (TPSA) is 76.9 Å². The zero-order chi connectivity index (χ0) is 23.9. The predicted molar refractivity (Wildman–Crippen MR) is 141 cm³/mol. The summed E-state index contributed by atoms with van der Waals surface area (Å²) in [6.45, 7) is 1.88. The van der Waals surface area contributed by atoms with Crippen molar-refractivity contribution in [3.8, 4) is 11.3 Å². The second-order valence-electron chi connectivity index (χ2n) is 8.85. The van der Waals surface area contributed by atoms with Crippen molar-refractivity contribution < 1.29 is 4.79 Å². The fourth-order valence-electron chi connectivity index (χ4n) is 4.85. The van der Waals surface area contributed by atoms with E-state index in [-0.39, 0.29) is 18.0 Å². The molecule has 1 aliphatic carbocycles. The smallest absolute Gasteiger partial charge is 0.272 e. The Morgan fingerprint density at radius 3 is 2.69 bits per heavy atom. The first kappa shape index (κ1) is 21.7. The lowest BCUT2D eigenvalue weighted by molar-refractivity contribution is -0.116. The van der Waals surface area contributed by atoms with Crippen LogP contribution in [0, 0.1) is 0 Å². The third kappa shape index (κ3) is 3.91. The molecule has 0 spiro atoms. The second-order valence-corrected chi connectivity index (χ2v) is 9.85. The lowest BCUT2D eigenvalue weighted by Gasteiger charge is -2.12. The van der Waals surface area contributed by atoms with E-state index in [9.17, 15) is 9.59 Å². The van der Waals surface area contributed by atoms with Gasteiger partial charge in [0.05, 0.1) is 11.2 Å². The molecule has 6 rings (SSSR count). The highest BCUT2D eigenvalue weighted by Crippen LogP contribution is 2.32. The van der Waals surface area contributed by atoms with Gasteiger partial charge in [-0.1, -0.05) is 43.3 Å². The summed E-state index contributed by atoms with van der Waals surface area (Å²) in [5.74, 6) is 0.366. The van der Waals surface area contributed by atoms with E-state index in [1.54, 1.807) is 0 Å². The number of aromatic nitrogens is 3. The third-order valence-electron chi connectivity index (χ3n) is 6.59. The first-order valence-corrected chi connectivity index (χ1v) is 12.7. The molecule has 0 saturated heterocycles. The molecule has 174 valence electrons. The maximum atomic E-state index is 13.5. The van der Waals surface area contributed by atoms with E-state index in [2.05, 4.69) is 11.4 Å². The van der Waals surface area contributed by atoms with Gasteiger partial charge < -0.3 is 5.32 Å². The Morgan fingerprint density at radius 1 is 1.03 bits per heavy atom. The first-order chi connectivity index (χ1) is 17.1. The Kier molecular flexibility index (Phi) is 5.41. The van der Waals surface area contributed by atoms with Gasteiger partial charge in [-0.25, -0.2) is 9.97 Å². The van der Waals surface area contributed by atoms with Gasteiger partial charge in [-0.15, -0.1) is 11.3 Å². The predicted octanol–water partition coefficient (Wildman–Crippen LogP) is 5.36. The molecule has 0 unspecified atom stereocenters. The minimum absolute atomic E-state index is 0.0705. The monoisotopic (exact) mass is 480 g/mol. The van der Waals surface area contributed by atoms with Crippen LogP contribution in [0.25, 0.3) is 31.7 Å². The highest BCUT2D eigenvalue weighted by atomic mass is 32.1. The fraction of sp³-hybridized carbons (Fsp3) is 0.214. The number of aryl methyl sites for hydroxylation is 3. The van der Waals surface area contributed by atoms with Gasteiger partial charge in [0, 0.05) is 23.1 Å².